The number of benzene rings is 1. The fourth-order valence-corrected chi connectivity index (χ4v) is 2.94. The van der Waals surface area contributed by atoms with Crippen molar-refractivity contribution in [3.05, 3.63) is 48.0 Å². The summed E-state index contributed by atoms with van der Waals surface area (Å²) >= 11 is 0. The first-order chi connectivity index (χ1) is 10.2. The zero-order valence-electron chi connectivity index (χ0n) is 11.7. The molecule has 3 N–H and O–H groups in total. The molecule has 1 aliphatic rings. The monoisotopic (exact) mass is 282 g/mol. The number of ether oxygens (including phenoxy) is 1. The number of nitrogens with two attached hydrogens (primary N) is 1. The topological polar surface area (TPSA) is 84.9 Å². The number of nitrogens with zero attached hydrogens (tertiary/aromatic N) is 2. The van der Waals surface area contributed by atoms with Crippen LogP contribution in [0.5, 0.6) is 0 Å². The van der Waals surface area contributed by atoms with Crippen LogP contribution in [0.1, 0.15) is 17.5 Å². The molecule has 1 unspecified atom stereocenters. The van der Waals surface area contributed by atoms with Gasteiger partial charge in [0.05, 0.1) is 6.61 Å². The van der Waals surface area contributed by atoms with E-state index in [1.807, 2.05) is 12.4 Å². The first-order valence-electron chi connectivity index (χ1n) is 7.07. The molecule has 3 rings (SSSR count). The highest BCUT2D eigenvalue weighted by Crippen LogP contribution is 2.33. The van der Waals surface area contributed by atoms with Gasteiger partial charge in [-0.2, -0.15) is 0 Å². The number of aromatic nitrogens is 2. The number of hydrogen-bond donors (Lipinski definition) is 2. The average Bonchev–Trinajstić information content (AvgIpc) is 2.53. The summed E-state index contributed by atoms with van der Waals surface area (Å²) in [6.07, 6.45) is 8.27. The Labute approximate surface area is 123 Å². The van der Waals surface area contributed by atoms with Crippen LogP contribution in [-0.4, -0.2) is 22.6 Å². The van der Waals surface area contributed by atoms with E-state index < -0.39 is 0 Å². The van der Waals surface area contributed by atoms with Gasteiger partial charge in [0.1, 0.15) is 6.33 Å². The first kappa shape index (κ1) is 13.5. The Morgan fingerprint density at radius 3 is 2.90 bits per heavy atom. The highest BCUT2D eigenvalue weighted by molar-refractivity contribution is 5.68. The van der Waals surface area contributed by atoms with Crippen LogP contribution < -0.4 is 5.73 Å². The Morgan fingerprint density at radius 1 is 1.33 bits per heavy atom. The van der Waals surface area contributed by atoms with Crippen molar-refractivity contribution >= 4 is 6.02 Å². The third-order valence-electron chi connectivity index (χ3n) is 3.93. The summed E-state index contributed by atoms with van der Waals surface area (Å²) in [6, 6.07) is 6.18. The minimum Gasteiger partial charge on any atom is -0.465 e. The van der Waals surface area contributed by atoms with Gasteiger partial charge >= 0.3 is 0 Å². The Morgan fingerprint density at radius 2 is 2.14 bits per heavy atom. The molecule has 1 aliphatic carbocycles. The predicted molar refractivity (Wildman–Crippen MR) is 80.8 cm³/mol. The Hall–Kier alpha value is -2.43. The molecule has 108 valence electrons. The molecule has 0 aliphatic heterocycles. The van der Waals surface area contributed by atoms with Gasteiger partial charge in [0.15, 0.2) is 0 Å². The van der Waals surface area contributed by atoms with Crippen LogP contribution in [0, 0.1) is 11.3 Å². The van der Waals surface area contributed by atoms with E-state index in [1.165, 1.54) is 16.7 Å². The Kier molecular flexibility index (Phi) is 3.81. The maximum Gasteiger partial charge on any atom is 0.279 e. The molecular weight excluding hydrogens is 264 g/mol. The van der Waals surface area contributed by atoms with Crippen molar-refractivity contribution in [1.82, 2.24) is 9.97 Å². The van der Waals surface area contributed by atoms with Crippen molar-refractivity contribution in [3.8, 4) is 11.1 Å². The molecule has 1 atom stereocenters. The van der Waals surface area contributed by atoms with E-state index in [9.17, 15) is 0 Å². The molecule has 5 nitrogen and oxygen atoms in total. The third kappa shape index (κ3) is 3.02. The smallest absolute Gasteiger partial charge is 0.279 e. The molecule has 0 spiro atoms. The SMILES string of the molecule is N=C(N)OCC1CCc2c(cccc2-c2cncnc2)C1. The van der Waals surface area contributed by atoms with Crippen molar-refractivity contribution in [2.45, 2.75) is 19.3 Å². The van der Waals surface area contributed by atoms with Crippen LogP contribution in [0.15, 0.2) is 36.9 Å². The predicted octanol–water partition coefficient (Wildman–Crippen LogP) is 2.16. The van der Waals surface area contributed by atoms with Gasteiger partial charge in [-0.15, -0.1) is 0 Å². The molecule has 5 heteroatoms. The molecule has 1 heterocycles. The van der Waals surface area contributed by atoms with Crippen LogP contribution in [0.2, 0.25) is 0 Å². The largest absolute Gasteiger partial charge is 0.465 e. The fourth-order valence-electron chi connectivity index (χ4n) is 2.94. The summed E-state index contributed by atoms with van der Waals surface area (Å²) in [5, 5.41) is 7.15. The standard InChI is InChI=1S/C16H18N4O/c17-16(18)21-9-11-4-5-15-12(6-11)2-1-3-14(15)13-7-19-10-20-8-13/h1-3,7-8,10-11H,4-6,9H2,(H3,17,18). The molecule has 21 heavy (non-hydrogen) atoms. The Balaban J connectivity index is 1.83. The van der Waals surface area contributed by atoms with Crippen LogP contribution in [0.25, 0.3) is 11.1 Å². The van der Waals surface area contributed by atoms with Gasteiger partial charge < -0.3 is 10.5 Å². The van der Waals surface area contributed by atoms with Crippen molar-refractivity contribution < 1.29 is 4.74 Å². The fraction of sp³-hybridized carbons (Fsp3) is 0.312. The van der Waals surface area contributed by atoms with E-state index in [4.69, 9.17) is 15.9 Å². The second kappa shape index (κ2) is 5.91. The van der Waals surface area contributed by atoms with Crippen LogP contribution >= 0.6 is 0 Å². The summed E-state index contributed by atoms with van der Waals surface area (Å²) in [7, 11) is 0. The lowest BCUT2D eigenvalue weighted by atomic mass is 9.81. The second-order valence-electron chi connectivity index (χ2n) is 5.35. The summed E-state index contributed by atoms with van der Waals surface area (Å²) in [5.74, 6) is 0.420. The van der Waals surface area contributed by atoms with E-state index in [1.54, 1.807) is 6.33 Å². The van der Waals surface area contributed by atoms with Crippen molar-refractivity contribution in [1.29, 1.82) is 5.41 Å². The van der Waals surface area contributed by atoms with Crippen molar-refractivity contribution in [2.24, 2.45) is 11.7 Å². The summed E-state index contributed by atoms with van der Waals surface area (Å²) in [4.78, 5) is 8.21. The molecule has 2 aromatic rings. The maximum atomic E-state index is 7.15. The highest BCUT2D eigenvalue weighted by Gasteiger charge is 2.21. The van der Waals surface area contributed by atoms with E-state index in [-0.39, 0.29) is 6.02 Å². The normalized spacial score (nSPS) is 17.0. The number of nitrogens with one attached hydrogen (secondary N) is 1. The van der Waals surface area contributed by atoms with E-state index >= 15 is 0 Å². The Bertz CT molecular complexity index is 642. The van der Waals surface area contributed by atoms with Gasteiger partial charge in [0.2, 0.25) is 0 Å². The molecule has 0 radical (unpaired) electrons. The lowest BCUT2D eigenvalue weighted by Crippen LogP contribution is -2.24. The van der Waals surface area contributed by atoms with Gasteiger partial charge in [-0.1, -0.05) is 18.2 Å². The zero-order chi connectivity index (χ0) is 14.7. The number of amidine groups is 1. The summed E-state index contributed by atoms with van der Waals surface area (Å²) in [6.45, 7) is 0.521. The number of hydrogen-bond acceptors (Lipinski definition) is 4. The summed E-state index contributed by atoms with van der Waals surface area (Å²) < 4.78 is 5.15. The lowest BCUT2D eigenvalue weighted by Gasteiger charge is -2.26. The third-order valence-corrected chi connectivity index (χ3v) is 3.93. The minimum atomic E-state index is -0.198. The van der Waals surface area contributed by atoms with Gasteiger partial charge in [-0.05, 0) is 41.9 Å². The van der Waals surface area contributed by atoms with Gasteiger partial charge in [-0.3, -0.25) is 5.41 Å². The molecule has 1 aromatic carbocycles. The van der Waals surface area contributed by atoms with Crippen LogP contribution in [-0.2, 0) is 17.6 Å². The molecular formula is C16H18N4O. The van der Waals surface area contributed by atoms with Crippen molar-refractivity contribution in [3.63, 3.8) is 0 Å². The first-order valence-corrected chi connectivity index (χ1v) is 7.07. The van der Waals surface area contributed by atoms with Crippen LogP contribution in [0.3, 0.4) is 0 Å². The molecule has 0 saturated heterocycles. The van der Waals surface area contributed by atoms with Crippen molar-refractivity contribution in [2.75, 3.05) is 6.61 Å². The summed E-state index contributed by atoms with van der Waals surface area (Å²) in [5.41, 5.74) is 10.3. The van der Waals surface area contributed by atoms with E-state index in [0.717, 1.165) is 24.8 Å². The number of rotatable bonds is 3. The van der Waals surface area contributed by atoms with Gasteiger partial charge in [0, 0.05) is 18.0 Å². The number of fused-ring (bicyclic) bond motifs is 1. The highest BCUT2D eigenvalue weighted by atomic mass is 16.5. The quantitative estimate of drug-likeness (QED) is 0.667. The van der Waals surface area contributed by atoms with Crippen LogP contribution in [0.4, 0.5) is 0 Å². The van der Waals surface area contributed by atoms with E-state index in [0.29, 0.717) is 12.5 Å². The zero-order valence-corrected chi connectivity index (χ0v) is 11.7. The second-order valence-corrected chi connectivity index (χ2v) is 5.35. The minimum absolute atomic E-state index is 0.198. The lowest BCUT2D eigenvalue weighted by molar-refractivity contribution is 0.218. The van der Waals surface area contributed by atoms with Gasteiger partial charge in [0.25, 0.3) is 6.02 Å². The molecule has 0 amide bonds. The maximum absolute atomic E-state index is 7.15. The van der Waals surface area contributed by atoms with E-state index in [2.05, 4.69) is 28.2 Å². The molecule has 0 saturated carbocycles. The molecule has 0 fully saturated rings. The van der Waals surface area contributed by atoms with Gasteiger partial charge in [-0.25, -0.2) is 9.97 Å². The molecule has 0 bridgehead atoms. The molecule has 1 aromatic heterocycles. The average molecular weight is 282 g/mol.